The van der Waals surface area contributed by atoms with E-state index in [0.29, 0.717) is 12.3 Å². The van der Waals surface area contributed by atoms with Gasteiger partial charge in [0.1, 0.15) is 0 Å². The number of hydrogen-bond acceptors (Lipinski definition) is 4. The molecule has 0 aliphatic carbocycles. The molecule has 1 fully saturated rings. The molecule has 1 saturated heterocycles. The highest BCUT2D eigenvalue weighted by atomic mass is 32.2. The molecule has 3 rings (SSSR count). The number of para-hydroxylation sites is 1. The van der Waals surface area contributed by atoms with Gasteiger partial charge in [-0.1, -0.05) is 12.1 Å². The van der Waals surface area contributed by atoms with Crippen LogP contribution in [-0.2, 0) is 6.42 Å². The minimum absolute atomic E-state index is 0.228. The zero-order valence-corrected chi connectivity index (χ0v) is 12.6. The van der Waals surface area contributed by atoms with Crippen molar-refractivity contribution in [3.8, 4) is 0 Å². The molecule has 1 aromatic carbocycles. The van der Waals surface area contributed by atoms with E-state index in [9.17, 15) is 5.11 Å². The maximum atomic E-state index is 10.2. The molecule has 19 heavy (non-hydrogen) atoms. The van der Waals surface area contributed by atoms with Crippen molar-refractivity contribution < 1.29 is 5.11 Å². The second-order valence-electron chi connectivity index (χ2n) is 5.22. The molecular formula is C15H19NOS2. The Morgan fingerprint density at radius 3 is 2.84 bits per heavy atom. The van der Waals surface area contributed by atoms with Crippen LogP contribution in [0.3, 0.4) is 0 Å². The number of nitrogens with zero attached hydrogens (tertiary/aromatic N) is 1. The van der Waals surface area contributed by atoms with Crippen LogP contribution in [0.25, 0.3) is 10.2 Å². The summed E-state index contributed by atoms with van der Waals surface area (Å²) >= 11 is 3.75. The van der Waals surface area contributed by atoms with Crippen LogP contribution in [0, 0.1) is 5.92 Å². The Hall–Kier alpha value is -0.580. The molecule has 1 aliphatic heterocycles. The van der Waals surface area contributed by atoms with E-state index in [1.165, 1.54) is 29.0 Å². The summed E-state index contributed by atoms with van der Waals surface area (Å²) in [5.41, 5.74) is 1.06. The highest BCUT2D eigenvalue weighted by Crippen LogP contribution is 2.28. The van der Waals surface area contributed by atoms with Crippen molar-refractivity contribution in [2.24, 2.45) is 5.92 Å². The van der Waals surface area contributed by atoms with Crippen molar-refractivity contribution in [1.29, 1.82) is 0 Å². The molecule has 2 heterocycles. The number of hydrogen-bond donors (Lipinski definition) is 1. The lowest BCUT2D eigenvalue weighted by Crippen LogP contribution is -2.19. The maximum Gasteiger partial charge on any atom is 0.0964 e. The van der Waals surface area contributed by atoms with Gasteiger partial charge in [-0.05, 0) is 48.8 Å². The monoisotopic (exact) mass is 293 g/mol. The van der Waals surface area contributed by atoms with Gasteiger partial charge in [0, 0.05) is 6.42 Å². The number of fused-ring (bicyclic) bond motifs is 1. The molecule has 0 amide bonds. The molecule has 1 aliphatic rings. The maximum absolute atomic E-state index is 10.2. The first kappa shape index (κ1) is 13.4. The van der Waals surface area contributed by atoms with E-state index in [0.717, 1.165) is 16.9 Å². The quantitative estimate of drug-likeness (QED) is 0.932. The van der Waals surface area contributed by atoms with E-state index in [2.05, 4.69) is 11.1 Å². The lowest BCUT2D eigenvalue weighted by molar-refractivity contribution is 0.139. The average molecular weight is 293 g/mol. The van der Waals surface area contributed by atoms with Crippen LogP contribution in [0.4, 0.5) is 0 Å². The van der Waals surface area contributed by atoms with E-state index in [1.54, 1.807) is 11.3 Å². The third-order valence-electron chi connectivity index (χ3n) is 3.69. The molecule has 1 atom stereocenters. The molecule has 0 saturated carbocycles. The number of aliphatic hydroxyl groups is 1. The first-order valence-electron chi connectivity index (χ1n) is 6.91. The predicted molar refractivity (Wildman–Crippen MR) is 84.0 cm³/mol. The minimum atomic E-state index is -0.228. The summed E-state index contributed by atoms with van der Waals surface area (Å²) in [6.45, 7) is 0. The Balaban J connectivity index is 1.60. The van der Waals surface area contributed by atoms with Crippen molar-refractivity contribution in [3.05, 3.63) is 29.3 Å². The number of aromatic nitrogens is 1. The van der Waals surface area contributed by atoms with Crippen LogP contribution in [-0.4, -0.2) is 27.7 Å². The first-order chi connectivity index (χ1) is 9.31. The molecule has 1 aromatic heterocycles. The number of thioether (sulfide) groups is 1. The lowest BCUT2D eigenvalue weighted by atomic mass is 9.94. The second-order valence-corrected chi connectivity index (χ2v) is 7.56. The summed E-state index contributed by atoms with van der Waals surface area (Å²) in [4.78, 5) is 4.60. The molecule has 1 unspecified atom stereocenters. The van der Waals surface area contributed by atoms with E-state index >= 15 is 0 Å². The van der Waals surface area contributed by atoms with Gasteiger partial charge in [0.25, 0.3) is 0 Å². The number of rotatable bonds is 4. The van der Waals surface area contributed by atoms with Crippen LogP contribution in [0.2, 0.25) is 0 Å². The normalized spacial score (nSPS) is 18.8. The van der Waals surface area contributed by atoms with Gasteiger partial charge in [-0.2, -0.15) is 11.8 Å². The second kappa shape index (κ2) is 6.25. The van der Waals surface area contributed by atoms with Crippen LogP contribution in [0.1, 0.15) is 24.3 Å². The van der Waals surface area contributed by atoms with Gasteiger partial charge in [0.15, 0.2) is 0 Å². The molecule has 102 valence electrons. The smallest absolute Gasteiger partial charge is 0.0964 e. The van der Waals surface area contributed by atoms with Gasteiger partial charge in [-0.25, -0.2) is 4.98 Å². The fourth-order valence-corrected chi connectivity index (χ4v) is 4.90. The van der Waals surface area contributed by atoms with Crippen molar-refractivity contribution in [2.45, 2.75) is 31.8 Å². The Kier molecular flexibility index (Phi) is 4.41. The molecule has 2 nitrogen and oxygen atoms in total. The summed E-state index contributed by atoms with van der Waals surface area (Å²) in [5.74, 6) is 3.24. The predicted octanol–water partition coefficient (Wildman–Crippen LogP) is 3.73. The summed E-state index contributed by atoms with van der Waals surface area (Å²) < 4.78 is 1.22. The highest BCUT2D eigenvalue weighted by Gasteiger charge is 2.19. The molecule has 0 spiro atoms. The topological polar surface area (TPSA) is 33.1 Å². The van der Waals surface area contributed by atoms with Crippen LogP contribution >= 0.6 is 23.1 Å². The summed E-state index contributed by atoms with van der Waals surface area (Å²) in [7, 11) is 0. The summed E-state index contributed by atoms with van der Waals surface area (Å²) in [5, 5.41) is 11.3. The van der Waals surface area contributed by atoms with Crippen LogP contribution in [0.5, 0.6) is 0 Å². The van der Waals surface area contributed by atoms with Crippen molar-refractivity contribution in [3.63, 3.8) is 0 Å². The number of benzene rings is 1. The Morgan fingerprint density at radius 1 is 1.26 bits per heavy atom. The third kappa shape index (κ3) is 3.50. The Morgan fingerprint density at radius 2 is 2.05 bits per heavy atom. The number of thiazole rings is 1. The van der Waals surface area contributed by atoms with Crippen LogP contribution in [0.15, 0.2) is 24.3 Å². The van der Waals surface area contributed by atoms with E-state index in [-0.39, 0.29) is 6.10 Å². The van der Waals surface area contributed by atoms with Gasteiger partial charge < -0.3 is 5.11 Å². The number of aliphatic hydroxyl groups excluding tert-OH is 1. The molecule has 2 aromatic rings. The molecule has 0 bridgehead atoms. The van der Waals surface area contributed by atoms with E-state index < -0.39 is 0 Å². The zero-order valence-electron chi connectivity index (χ0n) is 10.9. The SMILES string of the molecule is OC(Cc1nc2ccccc2s1)CC1CCSCC1. The van der Waals surface area contributed by atoms with E-state index in [1.807, 2.05) is 30.0 Å². The van der Waals surface area contributed by atoms with Crippen molar-refractivity contribution in [1.82, 2.24) is 4.98 Å². The van der Waals surface area contributed by atoms with Gasteiger partial charge in [-0.15, -0.1) is 11.3 Å². The van der Waals surface area contributed by atoms with Gasteiger partial charge in [0.2, 0.25) is 0 Å². The van der Waals surface area contributed by atoms with Gasteiger partial charge >= 0.3 is 0 Å². The van der Waals surface area contributed by atoms with E-state index in [4.69, 9.17) is 0 Å². The zero-order chi connectivity index (χ0) is 13.1. The minimum Gasteiger partial charge on any atom is -0.393 e. The lowest BCUT2D eigenvalue weighted by Gasteiger charge is -2.23. The third-order valence-corrected chi connectivity index (χ3v) is 5.80. The molecule has 4 heteroatoms. The standard InChI is InChI=1S/C15H19NOS2/c17-12(9-11-5-7-18-8-6-11)10-15-16-13-3-1-2-4-14(13)19-15/h1-4,11-12,17H,5-10H2. The largest absolute Gasteiger partial charge is 0.393 e. The summed E-state index contributed by atoms with van der Waals surface area (Å²) in [6.07, 6.45) is 3.96. The van der Waals surface area contributed by atoms with Crippen molar-refractivity contribution in [2.75, 3.05) is 11.5 Å². The summed E-state index contributed by atoms with van der Waals surface area (Å²) in [6, 6.07) is 8.20. The van der Waals surface area contributed by atoms with Crippen LogP contribution < -0.4 is 0 Å². The first-order valence-corrected chi connectivity index (χ1v) is 8.88. The Bertz CT molecular complexity index is 501. The Labute approximate surface area is 122 Å². The average Bonchev–Trinajstić information content (AvgIpc) is 2.81. The molecule has 0 radical (unpaired) electrons. The van der Waals surface area contributed by atoms with Gasteiger partial charge in [-0.3, -0.25) is 0 Å². The molecule has 1 N–H and O–H groups in total. The van der Waals surface area contributed by atoms with Crippen molar-refractivity contribution >= 4 is 33.3 Å². The van der Waals surface area contributed by atoms with Gasteiger partial charge in [0.05, 0.1) is 21.3 Å². The fraction of sp³-hybridized carbons (Fsp3) is 0.533. The fourth-order valence-electron chi connectivity index (χ4n) is 2.66. The highest BCUT2D eigenvalue weighted by molar-refractivity contribution is 7.99. The molecular weight excluding hydrogens is 274 g/mol.